The Morgan fingerprint density at radius 2 is 2.12 bits per heavy atom. The van der Waals surface area contributed by atoms with Crippen molar-refractivity contribution in [1.29, 1.82) is 0 Å². The second-order valence-corrected chi connectivity index (χ2v) is 6.36. The Kier molecular flexibility index (Phi) is 6.26. The van der Waals surface area contributed by atoms with Gasteiger partial charge in [0.15, 0.2) is 0 Å². The first-order chi connectivity index (χ1) is 12.0. The third kappa shape index (κ3) is 3.41. The number of hydrogen-bond acceptors (Lipinski definition) is 4. The summed E-state index contributed by atoms with van der Waals surface area (Å²) in [6, 6.07) is 2.44. The summed E-state index contributed by atoms with van der Waals surface area (Å²) in [6.45, 7) is 5.48. The molecule has 0 aliphatic carbocycles. The van der Waals surface area contributed by atoms with E-state index >= 15 is 0 Å². The molecule has 0 saturated carbocycles. The maximum Gasteiger partial charge on any atom is 0.267 e. The molecular weight excluding hydrogens is 361 g/mol. The lowest BCUT2D eigenvalue weighted by Gasteiger charge is -2.26. The molecule has 2 heterocycles. The quantitative estimate of drug-likeness (QED) is 0.690. The van der Waals surface area contributed by atoms with E-state index in [4.69, 9.17) is 0 Å². The molecule has 1 aromatic carbocycles. The zero-order valence-electron chi connectivity index (χ0n) is 14.8. The third-order valence-corrected chi connectivity index (χ3v) is 4.66. The molecule has 6 nitrogen and oxygen atoms in total. The van der Waals surface area contributed by atoms with Crippen molar-refractivity contribution in [3.8, 4) is 5.75 Å². The molecule has 1 amide bonds. The van der Waals surface area contributed by atoms with Crippen LogP contribution in [0.4, 0.5) is 4.39 Å². The summed E-state index contributed by atoms with van der Waals surface area (Å²) in [7, 11) is 0. The number of aromatic nitrogens is 1. The number of pyridine rings is 1. The van der Waals surface area contributed by atoms with Crippen molar-refractivity contribution < 1.29 is 14.3 Å². The fourth-order valence-electron chi connectivity index (χ4n) is 3.42. The van der Waals surface area contributed by atoms with Gasteiger partial charge < -0.3 is 20.3 Å². The van der Waals surface area contributed by atoms with E-state index in [1.165, 1.54) is 16.7 Å². The summed E-state index contributed by atoms with van der Waals surface area (Å²) in [5, 5.41) is 16.4. The molecule has 0 bridgehead atoms. The molecule has 3 rings (SSSR count). The van der Waals surface area contributed by atoms with Crippen LogP contribution in [-0.4, -0.2) is 35.2 Å². The first-order valence-corrected chi connectivity index (χ1v) is 8.54. The number of likely N-dealkylation sites (N-methyl/N-ethyl adjacent to an activating group) is 1. The molecule has 2 aromatic rings. The van der Waals surface area contributed by atoms with Crippen molar-refractivity contribution in [2.45, 2.75) is 32.7 Å². The number of amides is 1. The predicted octanol–water partition coefficient (Wildman–Crippen LogP) is 2.11. The van der Waals surface area contributed by atoms with Crippen molar-refractivity contribution in [3.05, 3.63) is 39.4 Å². The molecular formula is C18H23ClFN3O3. The minimum Gasteiger partial charge on any atom is -0.506 e. The molecule has 1 atom stereocenters. The Bertz CT molecular complexity index is 898. The fourth-order valence-corrected chi connectivity index (χ4v) is 3.42. The van der Waals surface area contributed by atoms with Gasteiger partial charge in [-0.25, -0.2) is 4.39 Å². The van der Waals surface area contributed by atoms with Gasteiger partial charge in [-0.2, -0.15) is 0 Å². The van der Waals surface area contributed by atoms with Crippen LogP contribution in [0, 0.1) is 5.82 Å². The predicted molar refractivity (Wildman–Crippen MR) is 101 cm³/mol. The smallest absolute Gasteiger partial charge is 0.267 e. The molecule has 0 saturated heterocycles. The number of halogens is 2. The van der Waals surface area contributed by atoms with Crippen LogP contribution in [0.2, 0.25) is 0 Å². The topological polar surface area (TPSA) is 83.4 Å². The Balaban J connectivity index is 0.00000243. The van der Waals surface area contributed by atoms with Gasteiger partial charge in [0.05, 0.1) is 5.52 Å². The summed E-state index contributed by atoms with van der Waals surface area (Å²) in [6.07, 6.45) is 1.31. The number of nitrogens with zero attached hydrogens (tertiary/aromatic N) is 1. The van der Waals surface area contributed by atoms with E-state index < -0.39 is 23.0 Å². The average Bonchev–Trinajstić information content (AvgIpc) is 2.57. The van der Waals surface area contributed by atoms with Crippen molar-refractivity contribution >= 4 is 29.2 Å². The highest BCUT2D eigenvalue weighted by molar-refractivity contribution is 6.03. The highest BCUT2D eigenvalue weighted by Crippen LogP contribution is 2.35. The van der Waals surface area contributed by atoms with E-state index in [1.54, 1.807) is 0 Å². The zero-order chi connectivity index (χ0) is 18.1. The molecule has 26 heavy (non-hydrogen) atoms. The molecule has 0 fully saturated rings. The van der Waals surface area contributed by atoms with Crippen LogP contribution in [0.15, 0.2) is 16.9 Å². The summed E-state index contributed by atoms with van der Waals surface area (Å²) < 4.78 is 15.4. The molecule has 1 aliphatic heterocycles. The SMILES string of the molecule is CCNCCNC(=O)c1c(O)c2cc(F)cc3c2n(c1=O)C(C)CC3.Cl. The fraction of sp³-hybridized carbons (Fsp3) is 0.444. The second-order valence-electron chi connectivity index (χ2n) is 6.36. The maximum absolute atomic E-state index is 13.9. The molecule has 1 unspecified atom stereocenters. The Morgan fingerprint density at radius 3 is 2.81 bits per heavy atom. The second kappa shape index (κ2) is 8.05. The van der Waals surface area contributed by atoms with Gasteiger partial charge in [0.1, 0.15) is 17.1 Å². The van der Waals surface area contributed by atoms with Crippen LogP contribution in [0.25, 0.3) is 10.9 Å². The van der Waals surface area contributed by atoms with Crippen LogP contribution in [0.1, 0.15) is 42.2 Å². The largest absolute Gasteiger partial charge is 0.506 e. The first-order valence-electron chi connectivity index (χ1n) is 8.54. The molecule has 142 valence electrons. The lowest BCUT2D eigenvalue weighted by molar-refractivity contribution is 0.0949. The Morgan fingerprint density at radius 1 is 1.38 bits per heavy atom. The first kappa shape index (κ1) is 20.2. The van der Waals surface area contributed by atoms with Gasteiger partial charge in [-0.15, -0.1) is 12.4 Å². The van der Waals surface area contributed by atoms with Crippen LogP contribution >= 0.6 is 12.4 Å². The number of carbonyl (C=O) groups is 1. The number of hydrogen-bond donors (Lipinski definition) is 3. The van der Waals surface area contributed by atoms with Crippen LogP contribution in [-0.2, 0) is 6.42 Å². The normalized spacial score (nSPS) is 15.6. The van der Waals surface area contributed by atoms with Gasteiger partial charge >= 0.3 is 0 Å². The van der Waals surface area contributed by atoms with Gasteiger partial charge in [0.25, 0.3) is 11.5 Å². The average molecular weight is 384 g/mol. The van der Waals surface area contributed by atoms with Crippen molar-refractivity contribution in [1.82, 2.24) is 15.2 Å². The van der Waals surface area contributed by atoms with Crippen molar-refractivity contribution in [2.24, 2.45) is 0 Å². The van der Waals surface area contributed by atoms with Gasteiger partial charge in [0, 0.05) is 24.5 Å². The van der Waals surface area contributed by atoms with Gasteiger partial charge in [-0.3, -0.25) is 9.59 Å². The van der Waals surface area contributed by atoms with E-state index in [1.807, 2.05) is 13.8 Å². The summed E-state index contributed by atoms with van der Waals surface area (Å²) in [4.78, 5) is 25.3. The van der Waals surface area contributed by atoms with Gasteiger partial charge in [-0.1, -0.05) is 6.92 Å². The molecule has 8 heteroatoms. The molecule has 3 N–H and O–H groups in total. The number of aromatic hydroxyl groups is 1. The van der Waals surface area contributed by atoms with E-state index in [-0.39, 0.29) is 29.4 Å². The highest BCUT2D eigenvalue weighted by Gasteiger charge is 2.28. The highest BCUT2D eigenvalue weighted by atomic mass is 35.5. The lowest BCUT2D eigenvalue weighted by Crippen LogP contribution is -2.38. The molecule has 0 spiro atoms. The Labute approximate surface area is 156 Å². The van der Waals surface area contributed by atoms with Crippen LogP contribution < -0.4 is 16.2 Å². The van der Waals surface area contributed by atoms with Gasteiger partial charge in [0.2, 0.25) is 0 Å². The number of nitrogens with one attached hydrogen (secondary N) is 2. The lowest BCUT2D eigenvalue weighted by atomic mass is 9.95. The monoisotopic (exact) mass is 383 g/mol. The van der Waals surface area contributed by atoms with E-state index in [0.717, 1.165) is 6.54 Å². The van der Waals surface area contributed by atoms with E-state index in [2.05, 4.69) is 10.6 Å². The standard InChI is InChI=1S/C18H22FN3O3.ClH/c1-3-20-6-7-21-17(24)14-16(23)13-9-12(19)8-11-5-4-10(2)22(15(11)13)18(14)25;/h8-10,20,23H,3-7H2,1-2H3,(H,21,24);1H. The van der Waals surface area contributed by atoms with Gasteiger partial charge in [-0.05, 0) is 44.0 Å². The van der Waals surface area contributed by atoms with Crippen LogP contribution in [0.5, 0.6) is 5.75 Å². The number of aryl methyl sites for hydroxylation is 1. The summed E-state index contributed by atoms with van der Waals surface area (Å²) >= 11 is 0. The minimum absolute atomic E-state index is 0. The molecule has 1 aromatic heterocycles. The van der Waals surface area contributed by atoms with E-state index in [9.17, 15) is 19.1 Å². The zero-order valence-corrected chi connectivity index (χ0v) is 15.6. The third-order valence-electron chi connectivity index (χ3n) is 4.66. The number of carbonyl (C=O) groups excluding carboxylic acids is 1. The molecule has 1 aliphatic rings. The summed E-state index contributed by atoms with van der Waals surface area (Å²) in [5.74, 6) is -1.59. The van der Waals surface area contributed by atoms with E-state index in [0.29, 0.717) is 37.0 Å². The Hall–Kier alpha value is -2.12. The molecule has 0 radical (unpaired) electrons. The minimum atomic E-state index is -0.644. The maximum atomic E-state index is 13.9. The number of rotatable bonds is 5. The van der Waals surface area contributed by atoms with Crippen molar-refractivity contribution in [2.75, 3.05) is 19.6 Å². The van der Waals surface area contributed by atoms with Crippen LogP contribution in [0.3, 0.4) is 0 Å². The number of benzene rings is 1. The summed E-state index contributed by atoms with van der Waals surface area (Å²) in [5.41, 5.74) is 0.340. The van der Waals surface area contributed by atoms with Crippen molar-refractivity contribution in [3.63, 3.8) is 0 Å².